The number of rotatable bonds is 2. The van der Waals surface area contributed by atoms with E-state index in [1.165, 1.54) is 0 Å². The number of nitrogens with one attached hydrogen (secondary N) is 1. The number of fused-ring (bicyclic) bond motifs is 2. The van der Waals surface area contributed by atoms with Crippen LogP contribution in [0.1, 0.15) is 16.1 Å². The molecule has 0 fully saturated rings. The van der Waals surface area contributed by atoms with E-state index in [2.05, 4.69) is 26.2 Å². The predicted molar refractivity (Wildman–Crippen MR) is 98.3 cm³/mol. The highest BCUT2D eigenvalue weighted by atomic mass is 79.9. The molecule has 4 rings (SSSR count). The highest BCUT2D eigenvalue weighted by Crippen LogP contribution is 2.29. The summed E-state index contributed by atoms with van der Waals surface area (Å²) in [4.78, 5) is 17.0. The molecule has 0 aliphatic carbocycles. The van der Waals surface area contributed by atoms with E-state index in [0.717, 1.165) is 26.3 Å². The maximum absolute atomic E-state index is 12.7. The van der Waals surface area contributed by atoms with Gasteiger partial charge in [0.15, 0.2) is 5.76 Å². The summed E-state index contributed by atoms with van der Waals surface area (Å²) >= 11 is 3.44. The number of para-hydroxylation sites is 1. The summed E-state index contributed by atoms with van der Waals surface area (Å²) in [7, 11) is 0. The molecule has 2 aromatic carbocycles. The standard InChI is InChI=1S/C19H13BrN2O2/c1-11-14-10-13(20)7-8-16(14)24-18(11)19(23)22-15-6-2-4-12-5-3-9-21-17(12)15/h2-10H,1H3,(H,22,23). The van der Waals surface area contributed by atoms with Gasteiger partial charge in [-0.25, -0.2) is 0 Å². The van der Waals surface area contributed by atoms with Crippen LogP contribution in [-0.2, 0) is 0 Å². The minimum atomic E-state index is -0.280. The van der Waals surface area contributed by atoms with Crippen molar-refractivity contribution < 1.29 is 9.21 Å². The molecule has 0 atom stereocenters. The summed E-state index contributed by atoms with van der Waals surface area (Å²) in [5.41, 5.74) is 2.93. The number of aromatic nitrogens is 1. The number of aryl methyl sites for hydroxylation is 1. The molecule has 24 heavy (non-hydrogen) atoms. The number of halogens is 1. The van der Waals surface area contributed by atoms with E-state index in [-0.39, 0.29) is 5.91 Å². The van der Waals surface area contributed by atoms with Crippen LogP contribution in [0, 0.1) is 6.92 Å². The first-order valence-corrected chi connectivity index (χ1v) is 8.26. The minimum absolute atomic E-state index is 0.280. The topological polar surface area (TPSA) is 55.1 Å². The largest absolute Gasteiger partial charge is 0.451 e. The number of pyridine rings is 1. The SMILES string of the molecule is Cc1c(C(=O)Nc2cccc3cccnc23)oc2ccc(Br)cc12. The third kappa shape index (κ3) is 2.47. The van der Waals surface area contributed by atoms with Gasteiger partial charge >= 0.3 is 0 Å². The molecule has 0 aliphatic heterocycles. The third-order valence-corrected chi connectivity index (χ3v) is 4.48. The lowest BCUT2D eigenvalue weighted by Crippen LogP contribution is -2.12. The molecular weight excluding hydrogens is 368 g/mol. The smallest absolute Gasteiger partial charge is 0.291 e. The molecule has 2 heterocycles. The van der Waals surface area contributed by atoms with Crippen LogP contribution in [0.25, 0.3) is 21.9 Å². The van der Waals surface area contributed by atoms with E-state index < -0.39 is 0 Å². The Bertz CT molecular complexity index is 1080. The first-order chi connectivity index (χ1) is 11.6. The summed E-state index contributed by atoms with van der Waals surface area (Å²) in [5.74, 6) is 0.0361. The van der Waals surface area contributed by atoms with E-state index in [4.69, 9.17) is 4.42 Å². The van der Waals surface area contributed by atoms with Gasteiger partial charge in [-0.05, 0) is 37.3 Å². The fourth-order valence-electron chi connectivity index (χ4n) is 2.79. The van der Waals surface area contributed by atoms with E-state index in [0.29, 0.717) is 17.0 Å². The lowest BCUT2D eigenvalue weighted by molar-refractivity contribution is 0.0998. The lowest BCUT2D eigenvalue weighted by atomic mass is 10.1. The molecule has 0 aliphatic rings. The van der Waals surface area contributed by atoms with Crippen molar-refractivity contribution in [2.75, 3.05) is 5.32 Å². The summed E-state index contributed by atoms with van der Waals surface area (Å²) < 4.78 is 6.69. The number of benzene rings is 2. The number of hydrogen-bond donors (Lipinski definition) is 1. The Kier molecular flexibility index (Phi) is 3.58. The number of nitrogens with zero attached hydrogens (tertiary/aromatic N) is 1. The zero-order chi connectivity index (χ0) is 16.7. The molecule has 5 heteroatoms. The molecule has 2 aromatic heterocycles. The number of anilines is 1. The third-order valence-electron chi connectivity index (χ3n) is 3.99. The number of hydrogen-bond acceptors (Lipinski definition) is 3. The average Bonchev–Trinajstić information content (AvgIpc) is 2.92. The van der Waals surface area contributed by atoms with Gasteiger partial charge in [-0.15, -0.1) is 0 Å². The van der Waals surface area contributed by atoms with Gasteiger partial charge in [-0.3, -0.25) is 9.78 Å². The van der Waals surface area contributed by atoms with Crippen LogP contribution < -0.4 is 5.32 Å². The van der Waals surface area contributed by atoms with Crippen molar-refractivity contribution in [3.05, 3.63) is 70.5 Å². The van der Waals surface area contributed by atoms with Crippen LogP contribution in [0.2, 0.25) is 0 Å². The fourth-order valence-corrected chi connectivity index (χ4v) is 3.15. The van der Waals surface area contributed by atoms with Gasteiger partial charge in [0.2, 0.25) is 0 Å². The molecule has 118 valence electrons. The highest BCUT2D eigenvalue weighted by molar-refractivity contribution is 9.10. The van der Waals surface area contributed by atoms with E-state index >= 15 is 0 Å². The van der Waals surface area contributed by atoms with Crippen LogP contribution >= 0.6 is 15.9 Å². The summed E-state index contributed by atoms with van der Waals surface area (Å²) in [5, 5.41) is 4.81. The molecule has 4 nitrogen and oxygen atoms in total. The van der Waals surface area contributed by atoms with Crippen LogP contribution in [0.5, 0.6) is 0 Å². The molecule has 0 bridgehead atoms. The fraction of sp³-hybridized carbons (Fsp3) is 0.0526. The lowest BCUT2D eigenvalue weighted by Gasteiger charge is -2.07. The van der Waals surface area contributed by atoms with Crippen molar-refractivity contribution in [1.29, 1.82) is 0 Å². The number of carbonyl (C=O) groups is 1. The molecule has 1 N–H and O–H groups in total. The molecule has 0 spiro atoms. The van der Waals surface area contributed by atoms with Crippen LogP contribution in [-0.4, -0.2) is 10.9 Å². The van der Waals surface area contributed by atoms with Crippen molar-refractivity contribution >= 4 is 49.4 Å². The maximum Gasteiger partial charge on any atom is 0.291 e. The number of furan rings is 1. The molecule has 0 saturated heterocycles. The van der Waals surface area contributed by atoms with Gasteiger partial charge in [0.05, 0.1) is 11.2 Å². The second kappa shape index (κ2) is 5.76. The molecule has 4 aromatic rings. The number of amides is 1. The zero-order valence-electron chi connectivity index (χ0n) is 12.8. The molecule has 0 radical (unpaired) electrons. The second-order valence-corrected chi connectivity index (χ2v) is 6.45. The zero-order valence-corrected chi connectivity index (χ0v) is 14.4. The van der Waals surface area contributed by atoms with Crippen molar-refractivity contribution in [1.82, 2.24) is 4.98 Å². The quantitative estimate of drug-likeness (QED) is 0.512. The molecular formula is C19H13BrN2O2. The first-order valence-electron chi connectivity index (χ1n) is 7.47. The Labute approximate surface area is 146 Å². The van der Waals surface area contributed by atoms with Gasteiger partial charge in [0.25, 0.3) is 5.91 Å². The molecule has 0 saturated carbocycles. The Morgan fingerprint density at radius 1 is 1.17 bits per heavy atom. The van der Waals surface area contributed by atoms with Gasteiger partial charge in [0.1, 0.15) is 5.58 Å². The summed E-state index contributed by atoms with van der Waals surface area (Å²) in [6.45, 7) is 1.88. The van der Waals surface area contributed by atoms with Gasteiger partial charge in [0, 0.05) is 27.0 Å². The van der Waals surface area contributed by atoms with Crippen LogP contribution in [0.3, 0.4) is 0 Å². The normalized spacial score (nSPS) is 11.1. The highest BCUT2D eigenvalue weighted by Gasteiger charge is 2.18. The molecule has 1 amide bonds. The van der Waals surface area contributed by atoms with Crippen molar-refractivity contribution in [3.8, 4) is 0 Å². The van der Waals surface area contributed by atoms with Crippen LogP contribution in [0.15, 0.2) is 63.6 Å². The summed E-state index contributed by atoms with van der Waals surface area (Å²) in [6, 6.07) is 15.2. The van der Waals surface area contributed by atoms with Crippen LogP contribution in [0.4, 0.5) is 5.69 Å². The Balaban J connectivity index is 1.75. The second-order valence-electron chi connectivity index (χ2n) is 5.53. The monoisotopic (exact) mass is 380 g/mol. The Morgan fingerprint density at radius 2 is 2.00 bits per heavy atom. The Hall–Kier alpha value is -2.66. The van der Waals surface area contributed by atoms with E-state index in [1.54, 1.807) is 6.20 Å². The summed E-state index contributed by atoms with van der Waals surface area (Å²) in [6.07, 6.45) is 1.71. The molecule has 0 unspecified atom stereocenters. The maximum atomic E-state index is 12.7. The van der Waals surface area contributed by atoms with Crippen molar-refractivity contribution in [2.45, 2.75) is 6.92 Å². The number of carbonyl (C=O) groups excluding carboxylic acids is 1. The van der Waals surface area contributed by atoms with E-state index in [9.17, 15) is 4.79 Å². The predicted octanol–water partition coefficient (Wildman–Crippen LogP) is 5.30. The van der Waals surface area contributed by atoms with E-state index in [1.807, 2.05) is 55.5 Å². The van der Waals surface area contributed by atoms with Crippen molar-refractivity contribution in [2.24, 2.45) is 0 Å². The van der Waals surface area contributed by atoms with Gasteiger partial charge in [-0.2, -0.15) is 0 Å². The van der Waals surface area contributed by atoms with Gasteiger partial charge < -0.3 is 9.73 Å². The average molecular weight is 381 g/mol. The Morgan fingerprint density at radius 3 is 2.88 bits per heavy atom. The first kappa shape index (κ1) is 14.9. The van der Waals surface area contributed by atoms with Gasteiger partial charge in [-0.1, -0.05) is 34.1 Å². The van der Waals surface area contributed by atoms with Crippen molar-refractivity contribution in [3.63, 3.8) is 0 Å². The minimum Gasteiger partial charge on any atom is -0.451 e.